The molecule has 192 valence electrons. The Bertz CT molecular complexity index is 1630. The van der Waals surface area contributed by atoms with Crippen molar-refractivity contribution in [2.75, 3.05) is 13.1 Å². The van der Waals surface area contributed by atoms with Crippen molar-refractivity contribution in [2.24, 2.45) is 5.92 Å². The van der Waals surface area contributed by atoms with Crippen LogP contribution in [0.25, 0.3) is 10.9 Å². The van der Waals surface area contributed by atoms with Crippen molar-refractivity contribution in [2.45, 2.75) is 55.3 Å². The number of likely N-dealkylation sites (tertiary alicyclic amines) is 1. The van der Waals surface area contributed by atoms with Gasteiger partial charge >= 0.3 is 0 Å². The predicted molar refractivity (Wildman–Crippen MR) is 143 cm³/mol. The van der Waals surface area contributed by atoms with Gasteiger partial charge in [0.25, 0.3) is 0 Å². The summed E-state index contributed by atoms with van der Waals surface area (Å²) < 4.78 is 13.1. The lowest BCUT2D eigenvalue weighted by Crippen LogP contribution is -2.74. The molecule has 2 bridgehead atoms. The first-order valence-electron chi connectivity index (χ1n) is 13.9. The van der Waals surface area contributed by atoms with Crippen LogP contribution in [-0.2, 0) is 18.3 Å². The highest BCUT2D eigenvalue weighted by Crippen LogP contribution is 2.69. The van der Waals surface area contributed by atoms with Gasteiger partial charge in [0.2, 0.25) is 0 Å². The summed E-state index contributed by atoms with van der Waals surface area (Å²) in [7, 11) is 0. The fourth-order valence-electron chi connectivity index (χ4n) is 8.35. The number of nitrogens with one attached hydrogen (secondary N) is 1. The molecule has 2 aliphatic heterocycles. The van der Waals surface area contributed by atoms with Gasteiger partial charge in [0, 0.05) is 35.5 Å². The van der Waals surface area contributed by atoms with Crippen molar-refractivity contribution in [3.63, 3.8) is 0 Å². The van der Waals surface area contributed by atoms with Crippen LogP contribution in [0.5, 0.6) is 23.0 Å². The van der Waals surface area contributed by atoms with Gasteiger partial charge in [0.1, 0.15) is 11.5 Å². The number of benzene rings is 3. The Labute approximate surface area is 220 Å². The second-order valence-electron chi connectivity index (χ2n) is 12.0. The fourth-order valence-corrected chi connectivity index (χ4v) is 8.35. The number of rotatable bonds is 4. The molecule has 4 aromatic rings. The first-order chi connectivity index (χ1) is 18.6. The predicted octanol–water partition coefficient (Wildman–Crippen LogP) is 5.36. The van der Waals surface area contributed by atoms with E-state index in [1.165, 1.54) is 18.4 Å². The quantitative estimate of drug-likeness (QED) is 0.347. The molecule has 1 saturated carbocycles. The lowest BCUT2D eigenvalue weighted by Gasteiger charge is -2.62. The minimum absolute atomic E-state index is 0.00578. The zero-order chi connectivity index (χ0) is 25.2. The molecule has 38 heavy (non-hydrogen) atoms. The van der Waals surface area contributed by atoms with E-state index in [-0.39, 0.29) is 17.9 Å². The van der Waals surface area contributed by atoms with Crippen LogP contribution in [0.4, 0.5) is 0 Å². The summed E-state index contributed by atoms with van der Waals surface area (Å²) in [4.78, 5) is 6.25. The Balaban J connectivity index is 1.27. The van der Waals surface area contributed by atoms with Crippen molar-refractivity contribution in [1.29, 1.82) is 0 Å². The van der Waals surface area contributed by atoms with Crippen LogP contribution in [-0.4, -0.2) is 44.8 Å². The highest BCUT2D eigenvalue weighted by Gasteiger charge is 2.73. The molecule has 2 fully saturated rings. The van der Waals surface area contributed by atoms with Crippen LogP contribution >= 0.6 is 0 Å². The summed E-state index contributed by atoms with van der Waals surface area (Å²) in [5.74, 6) is 3.04. The number of aromatic nitrogens is 1. The van der Waals surface area contributed by atoms with Crippen LogP contribution in [0.1, 0.15) is 47.8 Å². The third-order valence-corrected chi connectivity index (χ3v) is 10.1. The van der Waals surface area contributed by atoms with E-state index in [0.29, 0.717) is 12.2 Å². The minimum atomic E-state index is -1.02. The number of H-pyrrole nitrogens is 1. The van der Waals surface area contributed by atoms with Gasteiger partial charge in [-0.2, -0.15) is 0 Å². The largest absolute Gasteiger partial charge is 0.504 e. The van der Waals surface area contributed by atoms with E-state index in [4.69, 9.17) is 9.47 Å². The minimum Gasteiger partial charge on any atom is -0.504 e. The van der Waals surface area contributed by atoms with Gasteiger partial charge in [-0.05, 0) is 79.6 Å². The van der Waals surface area contributed by atoms with Crippen molar-refractivity contribution in [3.05, 3.63) is 83.0 Å². The number of aromatic hydroxyl groups is 1. The first-order valence-corrected chi connectivity index (χ1v) is 13.9. The number of piperidine rings is 1. The third-order valence-electron chi connectivity index (χ3n) is 10.1. The van der Waals surface area contributed by atoms with Gasteiger partial charge in [0.15, 0.2) is 17.6 Å². The maximum absolute atomic E-state index is 13.1. The molecule has 1 spiro atoms. The summed E-state index contributed by atoms with van der Waals surface area (Å²) in [5, 5.41) is 25.0. The SMILES string of the molecule is Oc1ccc2c3c1O[C@H]1c4[nH]c5cccc(Oc6ccccc6)c5c4C[C@@]4(O)[C@H](C2)N(CC2CC2)CC[C@]314. The smallest absolute Gasteiger partial charge is 0.166 e. The Hall–Kier alpha value is -3.48. The van der Waals surface area contributed by atoms with Gasteiger partial charge in [-0.15, -0.1) is 0 Å². The lowest BCUT2D eigenvalue weighted by molar-refractivity contribution is -0.173. The molecule has 6 heteroatoms. The third kappa shape index (κ3) is 2.55. The number of phenolic OH excluding ortho intramolecular Hbond substituents is 1. The topological polar surface area (TPSA) is 78.0 Å². The van der Waals surface area contributed by atoms with E-state index in [9.17, 15) is 10.2 Å². The van der Waals surface area contributed by atoms with E-state index >= 15 is 0 Å². The summed E-state index contributed by atoms with van der Waals surface area (Å²) >= 11 is 0. The summed E-state index contributed by atoms with van der Waals surface area (Å²) in [6.45, 7) is 1.99. The van der Waals surface area contributed by atoms with Crippen molar-refractivity contribution in [3.8, 4) is 23.0 Å². The van der Waals surface area contributed by atoms with E-state index in [1.54, 1.807) is 6.07 Å². The monoisotopic (exact) mass is 506 g/mol. The second-order valence-corrected chi connectivity index (χ2v) is 12.0. The zero-order valence-corrected chi connectivity index (χ0v) is 21.1. The molecule has 6 nitrogen and oxygen atoms in total. The zero-order valence-electron chi connectivity index (χ0n) is 21.1. The molecular formula is C32H30N2O4. The van der Waals surface area contributed by atoms with Gasteiger partial charge < -0.3 is 24.7 Å². The number of aliphatic hydroxyl groups is 1. The number of hydrogen-bond donors (Lipinski definition) is 3. The van der Waals surface area contributed by atoms with Gasteiger partial charge in [-0.1, -0.05) is 30.3 Å². The maximum atomic E-state index is 13.1. The molecule has 0 unspecified atom stereocenters. The molecule has 3 aromatic carbocycles. The molecule has 5 aliphatic rings. The summed E-state index contributed by atoms with van der Waals surface area (Å²) in [5.41, 5.74) is 3.71. The second kappa shape index (κ2) is 7.13. The molecule has 9 rings (SSSR count). The Morgan fingerprint density at radius 3 is 2.76 bits per heavy atom. The van der Waals surface area contributed by atoms with Crippen molar-refractivity contribution in [1.82, 2.24) is 9.88 Å². The lowest BCUT2D eigenvalue weighted by atomic mass is 9.49. The summed E-state index contributed by atoms with van der Waals surface area (Å²) in [6, 6.07) is 19.8. The summed E-state index contributed by atoms with van der Waals surface area (Å²) in [6.07, 6.45) is 4.30. The molecule has 3 N–H and O–H groups in total. The fraction of sp³-hybridized carbons (Fsp3) is 0.375. The number of hydrogen-bond acceptors (Lipinski definition) is 5. The van der Waals surface area contributed by atoms with Gasteiger partial charge in [-0.3, -0.25) is 4.90 Å². The number of nitrogens with zero attached hydrogens (tertiary/aromatic N) is 1. The Morgan fingerprint density at radius 1 is 1.05 bits per heavy atom. The van der Waals surface area contributed by atoms with Gasteiger partial charge in [-0.25, -0.2) is 0 Å². The average molecular weight is 507 g/mol. The molecule has 3 heterocycles. The molecule has 3 aliphatic carbocycles. The highest BCUT2D eigenvalue weighted by atomic mass is 16.5. The average Bonchev–Trinajstić information content (AvgIpc) is 3.55. The van der Waals surface area contributed by atoms with Crippen LogP contribution in [0.2, 0.25) is 0 Å². The Morgan fingerprint density at radius 2 is 1.92 bits per heavy atom. The number of para-hydroxylation sites is 1. The molecule has 1 saturated heterocycles. The molecule has 0 amide bonds. The number of aromatic amines is 1. The molecular weight excluding hydrogens is 476 g/mol. The van der Waals surface area contributed by atoms with Crippen LogP contribution in [0, 0.1) is 5.92 Å². The van der Waals surface area contributed by atoms with E-state index < -0.39 is 11.0 Å². The van der Waals surface area contributed by atoms with Crippen molar-refractivity contribution < 1.29 is 19.7 Å². The Kier molecular flexibility index (Phi) is 4.02. The highest BCUT2D eigenvalue weighted by molar-refractivity contribution is 5.92. The van der Waals surface area contributed by atoms with Gasteiger partial charge in [0.05, 0.1) is 16.7 Å². The molecule has 0 radical (unpaired) electrons. The standard InChI is InChI=1S/C32H30N2O4/c35-23-12-11-19-15-25-32(36)16-21-26-22(7-4-8-24(26)37-20-5-2-1-3-6-20)33-28(21)30-31(32,27(19)29(23)38-30)13-14-34(25)17-18-9-10-18/h1-8,11-12,18,25,30,33,35-36H,9-10,13-17H2/t25-,30-,31-,32+/m0/s1. The van der Waals surface area contributed by atoms with Crippen LogP contribution < -0.4 is 9.47 Å². The first kappa shape index (κ1) is 21.5. The molecule has 4 atom stereocenters. The van der Waals surface area contributed by atoms with Crippen molar-refractivity contribution >= 4 is 10.9 Å². The number of fused-ring (bicyclic) bond motifs is 4. The van der Waals surface area contributed by atoms with Crippen LogP contribution in [0.3, 0.4) is 0 Å². The normalized spacial score (nSPS) is 30.6. The maximum Gasteiger partial charge on any atom is 0.166 e. The molecule has 1 aromatic heterocycles. The van der Waals surface area contributed by atoms with E-state index in [1.807, 2.05) is 42.5 Å². The van der Waals surface area contributed by atoms with Crippen LogP contribution in [0.15, 0.2) is 60.7 Å². The van der Waals surface area contributed by atoms with E-state index in [2.05, 4.69) is 22.0 Å². The number of ether oxygens (including phenoxy) is 2. The number of phenols is 1. The van der Waals surface area contributed by atoms with E-state index in [0.717, 1.165) is 71.1 Å².